The van der Waals surface area contributed by atoms with E-state index in [1.54, 1.807) is 0 Å². The third kappa shape index (κ3) is 4.65. The molecular weight excluding hydrogens is 343 g/mol. The van der Waals surface area contributed by atoms with Crippen LogP contribution in [0.15, 0.2) is 39.9 Å². The molecule has 0 unspecified atom stereocenters. The maximum absolute atomic E-state index is 12.8. The lowest BCUT2D eigenvalue weighted by atomic mass is 10.2. The summed E-state index contributed by atoms with van der Waals surface area (Å²) in [5.41, 5.74) is -0.263. The Balaban J connectivity index is 1.83. The molecule has 0 spiro atoms. The third-order valence-corrected chi connectivity index (χ3v) is 3.84. The van der Waals surface area contributed by atoms with Gasteiger partial charge >= 0.3 is 5.69 Å². The maximum atomic E-state index is 12.8. The number of carbonyl (C=O) groups excluding carboxylic acids is 2. The SMILES string of the molecule is Cn1c(CNC(=O)CCNC(=O)c2ccc(F)cc2)cc(=O)n(C)c1=O. The summed E-state index contributed by atoms with van der Waals surface area (Å²) in [6, 6.07) is 6.33. The standard InChI is InChI=1S/C17H19FN4O4/c1-21-13(9-15(24)22(2)17(21)26)10-20-14(23)7-8-19-16(25)11-3-5-12(18)6-4-11/h3-6,9H,7-8,10H2,1-2H3,(H,19,25)(H,20,23). The predicted molar refractivity (Wildman–Crippen MR) is 92.1 cm³/mol. The number of nitrogens with zero attached hydrogens (tertiary/aromatic N) is 2. The van der Waals surface area contributed by atoms with Gasteiger partial charge in [-0.2, -0.15) is 0 Å². The third-order valence-electron chi connectivity index (χ3n) is 3.84. The van der Waals surface area contributed by atoms with Gasteiger partial charge in [-0.05, 0) is 24.3 Å². The molecule has 2 aromatic rings. The highest BCUT2D eigenvalue weighted by Crippen LogP contribution is 2.02. The number of hydrogen-bond donors (Lipinski definition) is 2. The van der Waals surface area contributed by atoms with Crippen LogP contribution in [0.3, 0.4) is 0 Å². The maximum Gasteiger partial charge on any atom is 0.330 e. The normalized spacial score (nSPS) is 10.4. The van der Waals surface area contributed by atoms with Gasteiger partial charge in [0, 0.05) is 44.4 Å². The summed E-state index contributed by atoms with van der Waals surface area (Å²) in [4.78, 5) is 47.1. The van der Waals surface area contributed by atoms with E-state index in [0.717, 1.165) is 4.57 Å². The van der Waals surface area contributed by atoms with E-state index in [4.69, 9.17) is 0 Å². The first kappa shape index (κ1) is 19.1. The molecule has 2 rings (SSSR count). The minimum absolute atomic E-state index is 0.0196. The van der Waals surface area contributed by atoms with E-state index in [2.05, 4.69) is 10.6 Å². The number of nitrogens with one attached hydrogen (secondary N) is 2. The van der Waals surface area contributed by atoms with Crippen molar-refractivity contribution in [2.45, 2.75) is 13.0 Å². The molecule has 0 radical (unpaired) electrons. The molecule has 1 aromatic carbocycles. The van der Waals surface area contributed by atoms with Crippen molar-refractivity contribution in [2.24, 2.45) is 14.1 Å². The van der Waals surface area contributed by atoms with Gasteiger partial charge in [-0.1, -0.05) is 0 Å². The summed E-state index contributed by atoms with van der Waals surface area (Å²) < 4.78 is 15.1. The van der Waals surface area contributed by atoms with E-state index in [0.29, 0.717) is 11.3 Å². The fraction of sp³-hybridized carbons (Fsp3) is 0.294. The second kappa shape index (κ2) is 8.24. The second-order valence-corrected chi connectivity index (χ2v) is 5.66. The molecule has 26 heavy (non-hydrogen) atoms. The zero-order valence-electron chi connectivity index (χ0n) is 14.4. The molecular formula is C17H19FN4O4. The molecule has 2 N–H and O–H groups in total. The summed E-state index contributed by atoms with van der Waals surface area (Å²) in [7, 11) is 2.88. The fourth-order valence-electron chi connectivity index (χ4n) is 2.22. The number of benzene rings is 1. The molecule has 8 nitrogen and oxygen atoms in total. The number of aromatic nitrogens is 2. The molecule has 0 fully saturated rings. The lowest BCUT2D eigenvalue weighted by Crippen LogP contribution is -2.39. The van der Waals surface area contributed by atoms with Crippen molar-refractivity contribution in [2.75, 3.05) is 6.54 Å². The minimum atomic E-state index is -0.478. The minimum Gasteiger partial charge on any atom is -0.352 e. The molecule has 0 aliphatic carbocycles. The first-order chi connectivity index (χ1) is 12.3. The Kier molecular flexibility index (Phi) is 6.05. The smallest absolute Gasteiger partial charge is 0.330 e. The van der Waals surface area contributed by atoms with Gasteiger partial charge in [0.2, 0.25) is 5.91 Å². The molecule has 1 aromatic heterocycles. The lowest BCUT2D eigenvalue weighted by molar-refractivity contribution is -0.121. The Bertz CT molecular complexity index is 931. The van der Waals surface area contributed by atoms with Gasteiger partial charge < -0.3 is 10.6 Å². The van der Waals surface area contributed by atoms with Gasteiger partial charge in [-0.25, -0.2) is 9.18 Å². The molecule has 2 amide bonds. The molecule has 0 bridgehead atoms. The van der Waals surface area contributed by atoms with Gasteiger partial charge in [0.1, 0.15) is 5.82 Å². The van der Waals surface area contributed by atoms with Crippen LogP contribution in [-0.2, 0) is 25.4 Å². The summed E-state index contributed by atoms with van der Waals surface area (Å²) >= 11 is 0. The average molecular weight is 362 g/mol. The topological polar surface area (TPSA) is 102 Å². The molecule has 0 aliphatic heterocycles. The monoisotopic (exact) mass is 362 g/mol. The highest BCUT2D eigenvalue weighted by Gasteiger charge is 2.09. The van der Waals surface area contributed by atoms with E-state index in [9.17, 15) is 23.6 Å². The Hall–Kier alpha value is -3.23. The summed E-state index contributed by atoms with van der Waals surface area (Å²) in [5.74, 6) is -1.20. The quantitative estimate of drug-likeness (QED) is 0.734. The Morgan fingerprint density at radius 3 is 2.35 bits per heavy atom. The Labute approximate surface area is 148 Å². The highest BCUT2D eigenvalue weighted by atomic mass is 19.1. The highest BCUT2D eigenvalue weighted by molar-refractivity contribution is 5.94. The van der Waals surface area contributed by atoms with Crippen molar-refractivity contribution in [1.82, 2.24) is 19.8 Å². The second-order valence-electron chi connectivity index (χ2n) is 5.66. The van der Waals surface area contributed by atoms with Crippen LogP contribution in [0.5, 0.6) is 0 Å². The predicted octanol–water partition coefficient (Wildman–Crippen LogP) is -0.341. The molecule has 9 heteroatoms. The van der Waals surface area contributed by atoms with Crippen LogP contribution in [0.1, 0.15) is 22.5 Å². The number of rotatable bonds is 6. The zero-order valence-corrected chi connectivity index (χ0v) is 14.4. The van der Waals surface area contributed by atoms with E-state index in [-0.39, 0.29) is 25.4 Å². The first-order valence-electron chi connectivity index (χ1n) is 7.86. The lowest BCUT2D eigenvalue weighted by Gasteiger charge is -2.11. The van der Waals surface area contributed by atoms with Gasteiger partial charge in [0.25, 0.3) is 11.5 Å². The summed E-state index contributed by atoms with van der Waals surface area (Å²) in [5, 5.41) is 5.14. The van der Waals surface area contributed by atoms with Crippen molar-refractivity contribution < 1.29 is 14.0 Å². The molecule has 1 heterocycles. The van der Waals surface area contributed by atoms with Crippen LogP contribution in [0.4, 0.5) is 4.39 Å². The van der Waals surface area contributed by atoms with E-state index in [1.807, 2.05) is 0 Å². The molecule has 138 valence electrons. The van der Waals surface area contributed by atoms with E-state index >= 15 is 0 Å². The molecule has 0 aliphatic rings. The van der Waals surface area contributed by atoms with Crippen molar-refractivity contribution in [3.05, 3.63) is 68.2 Å². The van der Waals surface area contributed by atoms with Gasteiger partial charge in [0.05, 0.1) is 6.54 Å². The number of amides is 2. The van der Waals surface area contributed by atoms with Crippen LogP contribution < -0.4 is 21.9 Å². The molecule has 0 atom stereocenters. The van der Waals surface area contributed by atoms with E-state index in [1.165, 1.54) is 49.0 Å². The fourth-order valence-corrected chi connectivity index (χ4v) is 2.22. The van der Waals surface area contributed by atoms with Crippen LogP contribution in [0, 0.1) is 5.82 Å². The van der Waals surface area contributed by atoms with Crippen molar-refractivity contribution >= 4 is 11.8 Å². The van der Waals surface area contributed by atoms with Gasteiger partial charge in [-0.15, -0.1) is 0 Å². The van der Waals surface area contributed by atoms with E-state index < -0.39 is 23.0 Å². The van der Waals surface area contributed by atoms with Crippen LogP contribution >= 0.6 is 0 Å². The summed E-state index contributed by atoms with van der Waals surface area (Å²) in [6.07, 6.45) is 0.0196. The molecule has 0 saturated heterocycles. The number of halogens is 1. The van der Waals surface area contributed by atoms with Crippen molar-refractivity contribution in [3.8, 4) is 0 Å². The van der Waals surface area contributed by atoms with Crippen molar-refractivity contribution in [3.63, 3.8) is 0 Å². The van der Waals surface area contributed by atoms with Gasteiger partial charge in [0.15, 0.2) is 0 Å². The molecule has 0 saturated carbocycles. The van der Waals surface area contributed by atoms with Crippen molar-refractivity contribution in [1.29, 1.82) is 0 Å². The largest absolute Gasteiger partial charge is 0.352 e. The zero-order chi connectivity index (χ0) is 19.3. The van der Waals surface area contributed by atoms with Crippen LogP contribution in [0.25, 0.3) is 0 Å². The number of carbonyl (C=O) groups is 2. The Morgan fingerprint density at radius 2 is 1.69 bits per heavy atom. The number of hydrogen-bond acceptors (Lipinski definition) is 4. The van der Waals surface area contributed by atoms with Crippen LogP contribution in [0.2, 0.25) is 0 Å². The average Bonchev–Trinajstić information content (AvgIpc) is 2.62. The first-order valence-corrected chi connectivity index (χ1v) is 7.86. The van der Waals surface area contributed by atoms with Crippen LogP contribution in [-0.4, -0.2) is 27.5 Å². The Morgan fingerprint density at radius 1 is 1.04 bits per heavy atom. The van der Waals surface area contributed by atoms with Gasteiger partial charge in [-0.3, -0.25) is 23.5 Å². The summed E-state index contributed by atoms with van der Waals surface area (Å²) in [6.45, 7) is 0.115.